The van der Waals surface area contributed by atoms with Gasteiger partial charge in [-0.1, -0.05) is 0 Å². The van der Waals surface area contributed by atoms with Gasteiger partial charge in [-0.05, 0) is 6.92 Å². The third-order valence-corrected chi connectivity index (χ3v) is 1.74. The lowest BCUT2D eigenvalue weighted by Gasteiger charge is -2.13. The number of carboxylic acid groups (broad SMARTS) is 1. The van der Waals surface area contributed by atoms with Crippen molar-refractivity contribution >= 4 is 17.9 Å². The molecule has 0 aliphatic rings. The predicted octanol–water partition coefficient (Wildman–Crippen LogP) is -1.35. The van der Waals surface area contributed by atoms with Gasteiger partial charge >= 0.3 is 12.0 Å². The Morgan fingerprint density at radius 1 is 1.41 bits per heavy atom. The minimum atomic E-state index is -1.32. The Kier molecular flexibility index (Phi) is 7.44. The van der Waals surface area contributed by atoms with Crippen LogP contribution in [-0.2, 0) is 14.3 Å². The number of carbonyl (C=O) groups is 3. The maximum absolute atomic E-state index is 11.2. The Morgan fingerprint density at radius 3 is 2.53 bits per heavy atom. The van der Waals surface area contributed by atoms with Crippen LogP contribution in [-0.4, -0.2) is 48.8 Å². The first kappa shape index (κ1) is 15.2. The first-order valence-electron chi connectivity index (χ1n) is 5.10. The number of aliphatic carboxylic acids is 1. The predicted molar refractivity (Wildman–Crippen MR) is 58.3 cm³/mol. The van der Waals surface area contributed by atoms with Crippen LogP contribution in [0.15, 0.2) is 0 Å². The van der Waals surface area contributed by atoms with E-state index in [0.717, 1.165) is 0 Å². The van der Waals surface area contributed by atoms with Crippen molar-refractivity contribution in [3.05, 3.63) is 0 Å². The first-order valence-corrected chi connectivity index (χ1v) is 5.10. The Bertz CT molecular complexity index is 282. The standard InChI is InChI=1S/C9H17N3O5/c1-2-17-4-3-11-9(16)12-6(8(14)15)5-7(10)13/h6H,2-5H2,1H3,(H2,10,13)(H,14,15)(H2,11,12,16)/t6-/m0/s1. The van der Waals surface area contributed by atoms with Crippen LogP contribution >= 0.6 is 0 Å². The summed E-state index contributed by atoms with van der Waals surface area (Å²) < 4.78 is 4.97. The Balaban J connectivity index is 3.96. The van der Waals surface area contributed by atoms with Crippen LogP contribution in [0.1, 0.15) is 13.3 Å². The van der Waals surface area contributed by atoms with Gasteiger partial charge in [0.05, 0.1) is 13.0 Å². The summed E-state index contributed by atoms with van der Waals surface area (Å²) in [6, 6.07) is -2.00. The van der Waals surface area contributed by atoms with Crippen LogP contribution in [0, 0.1) is 0 Å². The van der Waals surface area contributed by atoms with Crippen molar-refractivity contribution in [2.45, 2.75) is 19.4 Å². The summed E-state index contributed by atoms with van der Waals surface area (Å²) in [5.41, 5.74) is 4.85. The summed E-state index contributed by atoms with van der Waals surface area (Å²) in [5.74, 6) is -2.12. The van der Waals surface area contributed by atoms with Crippen molar-refractivity contribution in [3.8, 4) is 0 Å². The van der Waals surface area contributed by atoms with Gasteiger partial charge in [-0.3, -0.25) is 4.79 Å². The second-order valence-electron chi connectivity index (χ2n) is 3.16. The molecule has 0 heterocycles. The van der Waals surface area contributed by atoms with Crippen molar-refractivity contribution in [1.82, 2.24) is 10.6 Å². The van der Waals surface area contributed by atoms with Gasteiger partial charge in [0.15, 0.2) is 0 Å². The zero-order valence-electron chi connectivity index (χ0n) is 9.56. The number of rotatable bonds is 8. The van der Waals surface area contributed by atoms with Crippen LogP contribution < -0.4 is 16.4 Å². The zero-order chi connectivity index (χ0) is 13.3. The van der Waals surface area contributed by atoms with Crippen molar-refractivity contribution in [1.29, 1.82) is 0 Å². The molecule has 0 radical (unpaired) electrons. The van der Waals surface area contributed by atoms with E-state index < -0.39 is 30.4 Å². The van der Waals surface area contributed by atoms with Gasteiger partial charge in [-0.2, -0.15) is 0 Å². The van der Waals surface area contributed by atoms with Gasteiger partial charge in [0, 0.05) is 13.2 Å². The molecule has 0 aromatic carbocycles. The normalized spacial score (nSPS) is 11.6. The quantitative estimate of drug-likeness (QED) is 0.394. The lowest BCUT2D eigenvalue weighted by Crippen LogP contribution is -2.48. The van der Waals surface area contributed by atoms with Gasteiger partial charge in [-0.25, -0.2) is 9.59 Å². The van der Waals surface area contributed by atoms with Gasteiger partial charge in [-0.15, -0.1) is 0 Å². The highest BCUT2D eigenvalue weighted by Crippen LogP contribution is 1.91. The third-order valence-electron chi connectivity index (χ3n) is 1.74. The lowest BCUT2D eigenvalue weighted by molar-refractivity contribution is -0.140. The Morgan fingerprint density at radius 2 is 2.06 bits per heavy atom. The molecule has 3 amide bonds. The molecule has 98 valence electrons. The second kappa shape index (κ2) is 8.34. The number of hydrogen-bond donors (Lipinski definition) is 4. The van der Waals surface area contributed by atoms with E-state index >= 15 is 0 Å². The fourth-order valence-corrected chi connectivity index (χ4v) is 0.992. The third kappa shape index (κ3) is 8.03. The Hall–Kier alpha value is -1.83. The molecule has 1 atom stereocenters. The average molecular weight is 247 g/mol. The fraction of sp³-hybridized carbons (Fsp3) is 0.667. The number of primary amides is 1. The minimum Gasteiger partial charge on any atom is -0.480 e. The number of urea groups is 1. The maximum Gasteiger partial charge on any atom is 0.326 e. The smallest absolute Gasteiger partial charge is 0.326 e. The van der Waals surface area contributed by atoms with Gasteiger partial charge in [0.1, 0.15) is 6.04 Å². The molecule has 0 aliphatic carbocycles. The summed E-state index contributed by atoms with van der Waals surface area (Å²) >= 11 is 0. The average Bonchev–Trinajstić information content (AvgIpc) is 2.22. The van der Waals surface area contributed by atoms with Crippen molar-refractivity contribution in [3.63, 3.8) is 0 Å². The van der Waals surface area contributed by atoms with Crippen LogP contribution in [0.2, 0.25) is 0 Å². The molecule has 8 nitrogen and oxygen atoms in total. The number of nitrogens with one attached hydrogen (secondary N) is 2. The summed E-state index contributed by atoms with van der Waals surface area (Å²) in [7, 11) is 0. The zero-order valence-corrected chi connectivity index (χ0v) is 9.56. The van der Waals surface area contributed by atoms with Crippen molar-refractivity contribution in [2.24, 2.45) is 5.73 Å². The molecular formula is C9H17N3O5. The molecule has 0 unspecified atom stereocenters. The maximum atomic E-state index is 11.2. The molecule has 0 spiro atoms. The van der Waals surface area contributed by atoms with E-state index in [2.05, 4.69) is 10.6 Å². The van der Waals surface area contributed by atoms with E-state index in [0.29, 0.717) is 13.2 Å². The van der Waals surface area contributed by atoms with Crippen molar-refractivity contribution < 1.29 is 24.2 Å². The van der Waals surface area contributed by atoms with Crippen LogP contribution in [0.25, 0.3) is 0 Å². The summed E-state index contributed by atoms with van der Waals surface area (Å²) in [5, 5.41) is 13.2. The van der Waals surface area contributed by atoms with E-state index in [-0.39, 0.29) is 6.54 Å². The molecule has 0 saturated carbocycles. The highest BCUT2D eigenvalue weighted by Gasteiger charge is 2.21. The van der Waals surface area contributed by atoms with Crippen LogP contribution in [0.3, 0.4) is 0 Å². The molecule has 0 aromatic rings. The summed E-state index contributed by atoms with van der Waals surface area (Å²) in [4.78, 5) is 32.4. The van der Waals surface area contributed by atoms with E-state index in [1.165, 1.54) is 0 Å². The monoisotopic (exact) mass is 247 g/mol. The molecule has 0 rings (SSSR count). The second-order valence-corrected chi connectivity index (χ2v) is 3.16. The van der Waals surface area contributed by atoms with Gasteiger partial charge in [0.2, 0.25) is 5.91 Å². The van der Waals surface area contributed by atoms with Crippen molar-refractivity contribution in [2.75, 3.05) is 19.8 Å². The first-order chi connectivity index (χ1) is 7.97. The van der Waals surface area contributed by atoms with E-state index in [1.807, 2.05) is 6.92 Å². The minimum absolute atomic E-state index is 0.253. The SMILES string of the molecule is CCOCCNC(=O)N[C@@H](CC(N)=O)C(=O)O. The lowest BCUT2D eigenvalue weighted by atomic mass is 10.2. The molecule has 0 aromatic heterocycles. The van der Waals surface area contributed by atoms with Crippen LogP contribution in [0.4, 0.5) is 4.79 Å². The molecule has 0 aliphatic heterocycles. The highest BCUT2D eigenvalue weighted by atomic mass is 16.5. The summed E-state index contributed by atoms with van der Waals surface area (Å²) in [6.07, 6.45) is -0.450. The van der Waals surface area contributed by atoms with E-state index in [1.54, 1.807) is 0 Å². The molecule has 0 fully saturated rings. The number of ether oxygens (including phenoxy) is 1. The molecule has 0 bridgehead atoms. The number of nitrogens with two attached hydrogens (primary N) is 1. The Labute approximate surface area is 98.5 Å². The topological polar surface area (TPSA) is 131 Å². The molecule has 8 heteroatoms. The molecule has 17 heavy (non-hydrogen) atoms. The summed E-state index contributed by atoms with van der Waals surface area (Å²) in [6.45, 7) is 2.93. The molecular weight excluding hydrogens is 230 g/mol. The highest BCUT2D eigenvalue weighted by molar-refractivity contribution is 5.87. The van der Waals surface area contributed by atoms with Crippen LogP contribution in [0.5, 0.6) is 0 Å². The number of amides is 3. The fourth-order valence-electron chi connectivity index (χ4n) is 0.992. The van der Waals surface area contributed by atoms with Gasteiger partial charge in [0.25, 0.3) is 0 Å². The largest absolute Gasteiger partial charge is 0.480 e. The molecule has 0 saturated heterocycles. The number of carboxylic acids is 1. The van der Waals surface area contributed by atoms with Gasteiger partial charge < -0.3 is 26.2 Å². The number of hydrogen-bond acceptors (Lipinski definition) is 4. The number of carbonyl (C=O) groups excluding carboxylic acids is 2. The van der Waals surface area contributed by atoms with E-state index in [9.17, 15) is 14.4 Å². The molecule has 5 N–H and O–H groups in total. The van der Waals surface area contributed by atoms with E-state index in [4.69, 9.17) is 15.6 Å².